The smallest absolute Gasteiger partial charge is 0.183 e. The van der Waals surface area contributed by atoms with E-state index >= 15 is 0 Å². The van der Waals surface area contributed by atoms with E-state index in [1.54, 1.807) is 6.20 Å². The summed E-state index contributed by atoms with van der Waals surface area (Å²) < 4.78 is 4.20. The Morgan fingerprint density at radius 1 is 1.52 bits per heavy atom. The van der Waals surface area contributed by atoms with Crippen molar-refractivity contribution in [3.05, 3.63) is 23.7 Å². The lowest BCUT2D eigenvalue weighted by molar-refractivity contribution is 0.786. The second-order valence-electron chi connectivity index (χ2n) is 4.86. The van der Waals surface area contributed by atoms with Gasteiger partial charge in [0.25, 0.3) is 0 Å². The lowest BCUT2D eigenvalue weighted by Gasteiger charge is -2.13. The fourth-order valence-corrected chi connectivity index (χ4v) is 2.81. The molecule has 108 valence electrons. The van der Waals surface area contributed by atoms with E-state index in [9.17, 15) is 0 Å². The molecule has 1 aliphatic heterocycles. The maximum atomic E-state index is 9.14. The zero-order chi connectivity index (χ0) is 14.7. The quantitative estimate of drug-likeness (QED) is 0.789. The molecule has 7 nitrogen and oxygen atoms in total. The molecule has 0 bridgehead atoms. The van der Waals surface area contributed by atoms with E-state index in [1.165, 1.54) is 11.5 Å². The molecule has 0 unspecified atom stereocenters. The first-order valence-electron chi connectivity index (χ1n) is 6.69. The van der Waals surface area contributed by atoms with Gasteiger partial charge in [-0.15, -0.1) is 0 Å². The molecule has 0 aromatic carbocycles. The van der Waals surface area contributed by atoms with Crippen LogP contribution in [0.4, 0.5) is 16.6 Å². The highest BCUT2D eigenvalue weighted by Crippen LogP contribution is 2.23. The second-order valence-corrected chi connectivity index (χ2v) is 5.66. The Bertz CT molecular complexity index is 669. The molecule has 0 radical (unpaired) electrons. The largest absolute Gasteiger partial charge is 0.365 e. The molecule has 1 saturated heterocycles. The summed E-state index contributed by atoms with van der Waals surface area (Å²) in [5.41, 5.74) is 1.21. The first-order valence-corrected chi connectivity index (χ1v) is 7.46. The number of anilines is 3. The summed E-state index contributed by atoms with van der Waals surface area (Å²) in [7, 11) is 0. The molecule has 3 heterocycles. The van der Waals surface area contributed by atoms with Crippen LogP contribution in [0.15, 0.2) is 12.3 Å². The van der Waals surface area contributed by atoms with Gasteiger partial charge in [0.15, 0.2) is 11.5 Å². The van der Waals surface area contributed by atoms with Crippen LogP contribution in [0.5, 0.6) is 0 Å². The summed E-state index contributed by atoms with van der Waals surface area (Å²) in [6.07, 6.45) is 2.65. The van der Waals surface area contributed by atoms with E-state index in [4.69, 9.17) is 5.26 Å². The Hall–Kier alpha value is -2.24. The van der Waals surface area contributed by atoms with Gasteiger partial charge < -0.3 is 16.0 Å². The third kappa shape index (κ3) is 3.26. The van der Waals surface area contributed by atoms with Crippen molar-refractivity contribution >= 4 is 28.2 Å². The number of nitrogens with zero attached hydrogens (tertiary/aromatic N) is 4. The molecule has 8 heteroatoms. The van der Waals surface area contributed by atoms with Gasteiger partial charge in [-0.05, 0) is 37.5 Å². The summed E-state index contributed by atoms with van der Waals surface area (Å²) in [6, 6.07) is 4.32. The van der Waals surface area contributed by atoms with Crippen molar-refractivity contribution in [1.29, 1.82) is 5.26 Å². The topological polar surface area (TPSA) is 98.5 Å². The summed E-state index contributed by atoms with van der Waals surface area (Å²) in [5, 5.41) is 19.7. The number of hydrogen-bond acceptors (Lipinski definition) is 8. The zero-order valence-electron chi connectivity index (χ0n) is 11.6. The van der Waals surface area contributed by atoms with Crippen LogP contribution in [0.25, 0.3) is 0 Å². The van der Waals surface area contributed by atoms with Crippen LogP contribution >= 0.6 is 11.5 Å². The van der Waals surface area contributed by atoms with Crippen molar-refractivity contribution in [3.63, 3.8) is 0 Å². The molecule has 3 rings (SSSR count). The van der Waals surface area contributed by atoms with Crippen molar-refractivity contribution < 1.29 is 0 Å². The molecule has 2 aromatic rings. The number of nitriles is 1. The van der Waals surface area contributed by atoms with E-state index in [-0.39, 0.29) is 5.69 Å². The van der Waals surface area contributed by atoms with Crippen LogP contribution in [0.2, 0.25) is 0 Å². The first-order chi connectivity index (χ1) is 10.2. The molecule has 0 aliphatic carbocycles. The van der Waals surface area contributed by atoms with E-state index in [0.29, 0.717) is 17.7 Å². The molecule has 3 N–H and O–H groups in total. The van der Waals surface area contributed by atoms with E-state index in [0.717, 1.165) is 30.2 Å². The second kappa shape index (κ2) is 6.03. The van der Waals surface area contributed by atoms with Crippen LogP contribution in [0.3, 0.4) is 0 Å². The average Bonchev–Trinajstić information content (AvgIpc) is 3.11. The van der Waals surface area contributed by atoms with Crippen molar-refractivity contribution in [1.82, 2.24) is 19.7 Å². The standard InChI is InChI=1S/C13H15N7S/c1-8-4-12(21-20-8)19-13-10(5-14)16-7-11(18-13)17-9-2-3-15-6-9/h4,7,9,15H,2-3,6H2,1H3,(H2,17,18,19)/t9-/m0/s1. The van der Waals surface area contributed by atoms with E-state index in [2.05, 4.69) is 36.4 Å². The Morgan fingerprint density at radius 2 is 2.43 bits per heavy atom. The molecule has 0 saturated carbocycles. The maximum absolute atomic E-state index is 9.14. The highest BCUT2D eigenvalue weighted by Gasteiger charge is 2.16. The van der Waals surface area contributed by atoms with Gasteiger partial charge in [0.1, 0.15) is 16.9 Å². The predicted octanol–water partition coefficient (Wildman–Crippen LogP) is 1.63. The van der Waals surface area contributed by atoms with Gasteiger partial charge in [-0.3, -0.25) is 0 Å². The van der Waals surface area contributed by atoms with Crippen LogP contribution in [-0.4, -0.2) is 33.5 Å². The molecule has 1 atom stereocenters. The van der Waals surface area contributed by atoms with Gasteiger partial charge in [-0.2, -0.15) is 9.64 Å². The fourth-order valence-electron chi connectivity index (χ4n) is 2.15. The highest BCUT2D eigenvalue weighted by atomic mass is 32.1. The number of aryl methyl sites for hydroxylation is 1. The molecule has 21 heavy (non-hydrogen) atoms. The molecule has 2 aromatic heterocycles. The predicted molar refractivity (Wildman–Crippen MR) is 81.8 cm³/mol. The average molecular weight is 301 g/mol. The van der Waals surface area contributed by atoms with Gasteiger partial charge in [-0.25, -0.2) is 9.97 Å². The van der Waals surface area contributed by atoms with Crippen LogP contribution in [0, 0.1) is 18.3 Å². The third-order valence-electron chi connectivity index (χ3n) is 3.16. The maximum Gasteiger partial charge on any atom is 0.183 e. The number of rotatable bonds is 4. The molecule has 1 aliphatic rings. The molecular weight excluding hydrogens is 286 g/mol. The molecule has 1 fully saturated rings. The fraction of sp³-hybridized carbons (Fsp3) is 0.385. The minimum Gasteiger partial charge on any atom is -0.365 e. The third-order valence-corrected chi connectivity index (χ3v) is 3.96. The van der Waals surface area contributed by atoms with Crippen molar-refractivity contribution in [2.24, 2.45) is 0 Å². The van der Waals surface area contributed by atoms with Crippen molar-refractivity contribution in [2.75, 3.05) is 23.7 Å². The minimum atomic E-state index is 0.274. The Morgan fingerprint density at radius 3 is 3.10 bits per heavy atom. The van der Waals surface area contributed by atoms with Gasteiger partial charge in [-0.1, -0.05) is 0 Å². The zero-order valence-corrected chi connectivity index (χ0v) is 12.4. The van der Waals surface area contributed by atoms with E-state index < -0.39 is 0 Å². The lowest BCUT2D eigenvalue weighted by atomic mass is 10.2. The normalized spacial score (nSPS) is 17.4. The van der Waals surface area contributed by atoms with E-state index in [1.807, 2.05) is 13.0 Å². The summed E-state index contributed by atoms with van der Waals surface area (Å²) >= 11 is 1.33. The summed E-state index contributed by atoms with van der Waals surface area (Å²) in [6.45, 7) is 3.84. The summed E-state index contributed by atoms with van der Waals surface area (Å²) in [4.78, 5) is 8.61. The molecular formula is C13H15N7S. The molecule has 0 spiro atoms. The van der Waals surface area contributed by atoms with Crippen LogP contribution < -0.4 is 16.0 Å². The lowest BCUT2D eigenvalue weighted by Crippen LogP contribution is -2.23. The highest BCUT2D eigenvalue weighted by molar-refractivity contribution is 7.10. The van der Waals surface area contributed by atoms with Gasteiger partial charge in [0.2, 0.25) is 0 Å². The van der Waals surface area contributed by atoms with Gasteiger partial charge in [0.05, 0.1) is 11.9 Å². The minimum absolute atomic E-state index is 0.274. The Balaban J connectivity index is 1.81. The Labute approximate surface area is 126 Å². The summed E-state index contributed by atoms with van der Waals surface area (Å²) in [5.74, 6) is 1.13. The number of aromatic nitrogens is 3. The van der Waals surface area contributed by atoms with Crippen molar-refractivity contribution in [2.45, 2.75) is 19.4 Å². The van der Waals surface area contributed by atoms with Crippen LogP contribution in [0.1, 0.15) is 17.8 Å². The van der Waals surface area contributed by atoms with Gasteiger partial charge >= 0.3 is 0 Å². The SMILES string of the molecule is Cc1cc(Nc2nc(N[C@H]3CCNC3)cnc2C#N)sn1. The molecule has 0 amide bonds. The number of hydrogen-bond donors (Lipinski definition) is 3. The van der Waals surface area contributed by atoms with Crippen LogP contribution in [-0.2, 0) is 0 Å². The van der Waals surface area contributed by atoms with Gasteiger partial charge in [0, 0.05) is 12.6 Å². The first kappa shape index (κ1) is 13.7. The Kier molecular flexibility index (Phi) is 3.94. The van der Waals surface area contributed by atoms with Crippen molar-refractivity contribution in [3.8, 4) is 6.07 Å². The monoisotopic (exact) mass is 301 g/mol. The number of nitrogens with one attached hydrogen (secondary N) is 3.